The first-order valence-corrected chi connectivity index (χ1v) is 14.8. The predicted octanol–water partition coefficient (Wildman–Crippen LogP) is 5.66. The van der Waals surface area contributed by atoms with Crippen LogP contribution in [0.3, 0.4) is 0 Å². The first-order valence-electron chi connectivity index (χ1n) is 14.5. The molecular weight excluding hydrogens is 570 g/mol. The second-order valence-corrected chi connectivity index (χ2v) is 13.3. The topological polar surface area (TPSA) is 111 Å². The molecule has 0 radical (unpaired) electrons. The third-order valence-electron chi connectivity index (χ3n) is 8.51. The van der Waals surface area contributed by atoms with E-state index in [1.807, 2.05) is 20.8 Å². The van der Waals surface area contributed by atoms with Crippen molar-refractivity contribution in [3.8, 4) is 5.88 Å². The minimum Gasteiger partial charge on any atom is -0.471 e. The number of carbonyl (C=O) groups excluding carboxylic acids is 3. The van der Waals surface area contributed by atoms with Crippen LogP contribution in [0.1, 0.15) is 72.4 Å². The number of ether oxygens (including phenoxy) is 2. The average Bonchev–Trinajstić information content (AvgIpc) is 3.54. The quantitative estimate of drug-likeness (QED) is 0.446. The van der Waals surface area contributed by atoms with E-state index in [9.17, 15) is 14.4 Å². The molecule has 1 saturated carbocycles. The van der Waals surface area contributed by atoms with Gasteiger partial charge in [0.15, 0.2) is 11.5 Å². The van der Waals surface area contributed by atoms with Crippen molar-refractivity contribution in [1.82, 2.24) is 20.2 Å². The van der Waals surface area contributed by atoms with Gasteiger partial charge in [-0.3, -0.25) is 9.59 Å². The molecule has 1 aromatic heterocycles. The number of alkyl halides is 2. The highest BCUT2D eigenvalue weighted by molar-refractivity contribution is 6.31. The Balaban J connectivity index is 1.56. The number of Topliss-reactive ketones (excluding diaryl/α,β-unsaturated/α-hetero) is 1. The molecule has 1 N–H and O–H groups in total. The number of fused-ring (bicyclic) bond motifs is 5. The van der Waals surface area contributed by atoms with Crippen LogP contribution in [0.15, 0.2) is 18.2 Å². The fraction of sp³-hybridized carbons (Fsp3) is 0.633. The lowest BCUT2D eigenvalue weighted by Gasteiger charge is -2.35. The lowest BCUT2D eigenvalue weighted by molar-refractivity contribution is -0.141. The molecule has 2 fully saturated rings. The maximum Gasteiger partial charge on any atom is 0.408 e. The van der Waals surface area contributed by atoms with Crippen molar-refractivity contribution in [2.75, 3.05) is 6.54 Å². The van der Waals surface area contributed by atoms with Gasteiger partial charge in [-0.1, -0.05) is 45.7 Å². The molecule has 2 bridgehead atoms. The van der Waals surface area contributed by atoms with Crippen molar-refractivity contribution in [3.63, 3.8) is 0 Å². The molecule has 0 unspecified atom stereocenters. The van der Waals surface area contributed by atoms with E-state index in [-0.39, 0.29) is 47.7 Å². The SMILES string of the molecule is CC(=O)[C@@H]1[C@H](C)[C@@H]2CN1C(=O)[C@H](C(C)(C)C)NC(=O)O[C@@H]1C[C@H]1CCCCC(F)(F)c1nc3ccc(Cl)cc3nc1O2. The molecule has 228 valence electrons. The van der Waals surface area contributed by atoms with Gasteiger partial charge < -0.3 is 19.7 Å². The molecule has 5 rings (SSSR count). The Morgan fingerprint density at radius 2 is 1.86 bits per heavy atom. The van der Waals surface area contributed by atoms with E-state index in [1.165, 1.54) is 24.0 Å². The molecule has 42 heavy (non-hydrogen) atoms. The van der Waals surface area contributed by atoms with Gasteiger partial charge in [0.25, 0.3) is 5.92 Å². The maximum absolute atomic E-state index is 15.8. The van der Waals surface area contributed by atoms with E-state index in [0.717, 1.165) is 0 Å². The molecule has 1 saturated heterocycles. The normalized spacial score (nSPS) is 30.2. The van der Waals surface area contributed by atoms with Gasteiger partial charge in [0.05, 0.1) is 23.6 Å². The Labute approximate surface area is 248 Å². The van der Waals surface area contributed by atoms with E-state index in [1.54, 1.807) is 13.0 Å². The zero-order valence-corrected chi connectivity index (χ0v) is 25.2. The van der Waals surface area contributed by atoms with E-state index in [0.29, 0.717) is 24.3 Å². The number of amides is 2. The molecule has 2 aliphatic heterocycles. The number of benzene rings is 1. The summed E-state index contributed by atoms with van der Waals surface area (Å²) in [5, 5.41) is 3.10. The minimum atomic E-state index is -3.35. The lowest BCUT2D eigenvalue weighted by Crippen LogP contribution is -2.57. The molecule has 12 heteroatoms. The first kappa shape index (κ1) is 30.4. The van der Waals surface area contributed by atoms with Crippen molar-refractivity contribution >= 4 is 40.4 Å². The molecule has 9 nitrogen and oxygen atoms in total. The molecule has 0 spiro atoms. The standard InChI is InChI=1S/C30H37ClF2N4O5/c1-15-22-14-37(23(15)16(2)38)27(39)25(29(3,4)5)36-28(40)42-21-12-17(21)8-6-7-11-30(32,33)24-26(41-22)35-20-13-18(31)9-10-19(20)34-24/h9-10,13,15,17,21-23,25H,6-8,11-12,14H2,1-5H3,(H,36,40)/t15-,17-,21-,22+,23+,25-/m1/s1. The third kappa shape index (κ3) is 6.16. The van der Waals surface area contributed by atoms with Gasteiger partial charge in [-0.2, -0.15) is 8.78 Å². The van der Waals surface area contributed by atoms with Crippen molar-refractivity contribution in [1.29, 1.82) is 0 Å². The number of nitrogens with zero attached hydrogens (tertiary/aromatic N) is 3. The first-order chi connectivity index (χ1) is 19.7. The van der Waals surface area contributed by atoms with Crippen LogP contribution in [0.2, 0.25) is 5.02 Å². The van der Waals surface area contributed by atoms with Gasteiger partial charge in [-0.25, -0.2) is 14.8 Å². The molecule has 6 atom stereocenters. The lowest BCUT2D eigenvalue weighted by atomic mass is 9.85. The summed E-state index contributed by atoms with van der Waals surface area (Å²) in [5.41, 5.74) is -0.761. The largest absolute Gasteiger partial charge is 0.471 e. The van der Waals surface area contributed by atoms with Crippen LogP contribution in [-0.4, -0.2) is 63.5 Å². The molecule has 1 aromatic carbocycles. The van der Waals surface area contributed by atoms with Crippen molar-refractivity contribution in [3.05, 3.63) is 28.9 Å². The summed E-state index contributed by atoms with van der Waals surface area (Å²) in [6, 6.07) is 2.71. The molecule has 2 aromatic rings. The summed E-state index contributed by atoms with van der Waals surface area (Å²) >= 11 is 6.15. The van der Waals surface area contributed by atoms with Crippen LogP contribution in [0.5, 0.6) is 5.88 Å². The van der Waals surface area contributed by atoms with Crippen LogP contribution in [0.4, 0.5) is 13.6 Å². The number of carbonyl (C=O) groups is 3. The highest BCUT2D eigenvalue weighted by Gasteiger charge is 2.50. The van der Waals surface area contributed by atoms with Gasteiger partial charge in [0.2, 0.25) is 11.8 Å². The number of nitrogens with one attached hydrogen (secondary N) is 1. The summed E-state index contributed by atoms with van der Waals surface area (Å²) < 4.78 is 43.3. The van der Waals surface area contributed by atoms with Crippen LogP contribution < -0.4 is 10.1 Å². The fourth-order valence-corrected chi connectivity index (χ4v) is 6.21. The smallest absolute Gasteiger partial charge is 0.408 e. The summed E-state index contributed by atoms with van der Waals surface area (Å²) in [7, 11) is 0. The van der Waals surface area contributed by atoms with Gasteiger partial charge in [-0.05, 0) is 55.7 Å². The average molecular weight is 607 g/mol. The van der Waals surface area contributed by atoms with Crippen LogP contribution in [0, 0.1) is 17.3 Å². The second-order valence-electron chi connectivity index (χ2n) is 12.9. The number of hydrogen-bond donors (Lipinski definition) is 1. The minimum absolute atomic E-state index is 0.0709. The van der Waals surface area contributed by atoms with Crippen LogP contribution in [0.25, 0.3) is 11.0 Å². The van der Waals surface area contributed by atoms with E-state index in [4.69, 9.17) is 21.1 Å². The van der Waals surface area contributed by atoms with Gasteiger partial charge in [0, 0.05) is 17.4 Å². The molecule has 2 amide bonds. The van der Waals surface area contributed by atoms with Crippen LogP contribution >= 0.6 is 11.6 Å². The Hall–Kier alpha value is -3.08. The number of aromatic nitrogens is 2. The van der Waals surface area contributed by atoms with E-state index in [2.05, 4.69) is 15.3 Å². The summed E-state index contributed by atoms with van der Waals surface area (Å²) in [6.45, 7) is 8.46. The van der Waals surface area contributed by atoms with Crippen LogP contribution in [-0.2, 0) is 20.2 Å². The molecule has 1 aliphatic carbocycles. The summed E-state index contributed by atoms with van der Waals surface area (Å²) in [6.07, 6.45) is -0.320. The summed E-state index contributed by atoms with van der Waals surface area (Å²) in [5.74, 6) is -4.94. The van der Waals surface area contributed by atoms with E-state index < -0.39 is 59.6 Å². The Morgan fingerprint density at radius 1 is 1.12 bits per heavy atom. The number of halogens is 3. The van der Waals surface area contributed by atoms with Gasteiger partial charge in [-0.15, -0.1) is 0 Å². The number of rotatable bonds is 1. The maximum atomic E-state index is 15.8. The zero-order valence-electron chi connectivity index (χ0n) is 24.5. The third-order valence-corrected chi connectivity index (χ3v) is 8.74. The van der Waals surface area contributed by atoms with Gasteiger partial charge in [0.1, 0.15) is 18.2 Å². The van der Waals surface area contributed by atoms with Crippen molar-refractivity contribution in [2.45, 2.75) is 96.9 Å². The van der Waals surface area contributed by atoms with Gasteiger partial charge >= 0.3 is 6.09 Å². The van der Waals surface area contributed by atoms with E-state index >= 15 is 8.78 Å². The Bertz CT molecular complexity index is 1400. The summed E-state index contributed by atoms with van der Waals surface area (Å²) in [4.78, 5) is 49.8. The number of hydrogen-bond acceptors (Lipinski definition) is 7. The monoisotopic (exact) mass is 606 g/mol. The second kappa shape index (κ2) is 11.2. The highest BCUT2D eigenvalue weighted by atomic mass is 35.5. The van der Waals surface area contributed by atoms with Crippen molar-refractivity contribution < 1.29 is 32.6 Å². The fourth-order valence-electron chi connectivity index (χ4n) is 6.04. The number of alkyl carbamates (subject to hydrolysis) is 1. The molecule has 3 aliphatic rings. The van der Waals surface area contributed by atoms with Crippen molar-refractivity contribution in [2.24, 2.45) is 17.3 Å². The highest BCUT2D eigenvalue weighted by Crippen LogP contribution is 2.42. The molecule has 3 heterocycles. The zero-order chi connectivity index (χ0) is 30.6. The molecular formula is C30H37ClF2N4O5. The number of ketones is 1. The Kier molecular flexibility index (Phi) is 8.10. The Morgan fingerprint density at radius 3 is 2.55 bits per heavy atom. The predicted molar refractivity (Wildman–Crippen MR) is 151 cm³/mol.